The van der Waals surface area contributed by atoms with Crippen LogP contribution < -0.4 is 15.9 Å². The van der Waals surface area contributed by atoms with Crippen LogP contribution in [0.15, 0.2) is 40.1 Å². The van der Waals surface area contributed by atoms with Crippen LogP contribution in [0.1, 0.15) is 5.56 Å². The molecule has 0 unspecified atom stereocenters. The van der Waals surface area contributed by atoms with E-state index in [9.17, 15) is 14.9 Å². The largest absolute Gasteiger partial charge is 0.378 e. The molecule has 5 rings (SSSR count). The SMILES string of the molecule is N#Cc1c(=O)c2nc(N3CCOCC3)ncc2n2c(=O)c3ccccc3[nH]c12. The summed E-state index contributed by atoms with van der Waals surface area (Å²) in [4.78, 5) is 39.8. The zero-order valence-corrected chi connectivity index (χ0v) is 14.7. The van der Waals surface area contributed by atoms with Gasteiger partial charge in [-0.25, -0.2) is 9.97 Å². The third kappa shape index (κ3) is 2.28. The van der Waals surface area contributed by atoms with Gasteiger partial charge in [-0.2, -0.15) is 5.26 Å². The van der Waals surface area contributed by atoms with Crippen molar-refractivity contribution in [2.24, 2.45) is 0 Å². The van der Waals surface area contributed by atoms with E-state index in [0.717, 1.165) is 0 Å². The second kappa shape index (κ2) is 6.14. The van der Waals surface area contributed by atoms with Gasteiger partial charge in [0.2, 0.25) is 11.4 Å². The van der Waals surface area contributed by atoms with Crippen LogP contribution in [0.2, 0.25) is 0 Å². The maximum absolute atomic E-state index is 13.1. The number of pyridine rings is 1. The Morgan fingerprint density at radius 1 is 1.18 bits per heavy atom. The number of fused-ring (bicyclic) bond motifs is 4. The van der Waals surface area contributed by atoms with Gasteiger partial charge in [0, 0.05) is 13.1 Å². The molecule has 0 spiro atoms. The highest BCUT2D eigenvalue weighted by Gasteiger charge is 2.20. The van der Waals surface area contributed by atoms with E-state index in [-0.39, 0.29) is 27.8 Å². The summed E-state index contributed by atoms with van der Waals surface area (Å²) in [6.45, 7) is 2.31. The normalized spacial score (nSPS) is 14.6. The summed E-state index contributed by atoms with van der Waals surface area (Å²) in [5, 5.41) is 10.0. The minimum atomic E-state index is -0.527. The van der Waals surface area contributed by atoms with E-state index >= 15 is 0 Å². The molecule has 4 aromatic rings. The van der Waals surface area contributed by atoms with Crippen LogP contribution >= 0.6 is 0 Å². The van der Waals surface area contributed by atoms with Crippen molar-refractivity contribution in [3.63, 3.8) is 0 Å². The van der Waals surface area contributed by atoms with Crippen LogP contribution in [0.3, 0.4) is 0 Å². The lowest BCUT2D eigenvalue weighted by Gasteiger charge is -2.26. The first-order chi connectivity index (χ1) is 13.7. The molecule has 1 aromatic carbocycles. The molecule has 1 saturated heterocycles. The highest BCUT2D eigenvalue weighted by atomic mass is 16.5. The fourth-order valence-corrected chi connectivity index (χ4v) is 3.53. The molecule has 0 atom stereocenters. The summed E-state index contributed by atoms with van der Waals surface area (Å²) in [6.07, 6.45) is 1.46. The molecule has 28 heavy (non-hydrogen) atoms. The first-order valence-electron chi connectivity index (χ1n) is 8.78. The topological polar surface area (TPSA) is 116 Å². The van der Waals surface area contributed by atoms with Gasteiger partial charge in [-0.1, -0.05) is 12.1 Å². The monoisotopic (exact) mass is 374 g/mol. The molecular formula is C19H14N6O3. The number of para-hydroxylation sites is 1. The van der Waals surface area contributed by atoms with Gasteiger partial charge in [0.05, 0.1) is 35.8 Å². The Balaban J connectivity index is 1.91. The highest BCUT2D eigenvalue weighted by molar-refractivity contribution is 5.86. The Bertz CT molecular complexity index is 1410. The lowest BCUT2D eigenvalue weighted by molar-refractivity contribution is 0.122. The van der Waals surface area contributed by atoms with Gasteiger partial charge in [-0.15, -0.1) is 0 Å². The maximum Gasteiger partial charge on any atom is 0.266 e. The van der Waals surface area contributed by atoms with Gasteiger partial charge < -0.3 is 14.6 Å². The molecule has 1 aliphatic rings. The first-order valence-corrected chi connectivity index (χ1v) is 8.78. The number of hydrogen-bond acceptors (Lipinski definition) is 7. The minimum Gasteiger partial charge on any atom is -0.378 e. The maximum atomic E-state index is 13.1. The molecule has 1 aliphatic heterocycles. The number of ether oxygens (including phenoxy) is 1. The van der Waals surface area contributed by atoms with Crippen molar-refractivity contribution in [2.45, 2.75) is 0 Å². The van der Waals surface area contributed by atoms with E-state index in [0.29, 0.717) is 43.2 Å². The third-order valence-electron chi connectivity index (χ3n) is 4.92. The van der Waals surface area contributed by atoms with E-state index in [4.69, 9.17) is 4.74 Å². The second-order valence-corrected chi connectivity index (χ2v) is 6.48. The molecule has 3 aromatic heterocycles. The average molecular weight is 374 g/mol. The molecular weight excluding hydrogens is 360 g/mol. The number of nitriles is 1. The van der Waals surface area contributed by atoms with Crippen LogP contribution in [-0.4, -0.2) is 45.7 Å². The Hall–Kier alpha value is -3.77. The van der Waals surface area contributed by atoms with E-state index in [2.05, 4.69) is 15.0 Å². The van der Waals surface area contributed by atoms with Crippen LogP contribution in [0.5, 0.6) is 0 Å². The molecule has 0 aliphatic carbocycles. The quantitative estimate of drug-likeness (QED) is 0.387. The first kappa shape index (κ1) is 16.4. The van der Waals surface area contributed by atoms with Crippen molar-refractivity contribution >= 4 is 33.5 Å². The lowest BCUT2D eigenvalue weighted by Crippen LogP contribution is -2.37. The number of aromatic nitrogens is 4. The molecule has 0 amide bonds. The molecule has 0 radical (unpaired) electrons. The number of anilines is 1. The Morgan fingerprint density at radius 2 is 1.96 bits per heavy atom. The van der Waals surface area contributed by atoms with E-state index in [1.807, 2.05) is 11.0 Å². The average Bonchev–Trinajstić information content (AvgIpc) is 2.74. The molecule has 0 bridgehead atoms. The summed E-state index contributed by atoms with van der Waals surface area (Å²) in [7, 11) is 0. The van der Waals surface area contributed by atoms with Gasteiger partial charge in [0.25, 0.3) is 5.56 Å². The van der Waals surface area contributed by atoms with Gasteiger partial charge in [-0.3, -0.25) is 14.0 Å². The highest BCUT2D eigenvalue weighted by Crippen LogP contribution is 2.18. The van der Waals surface area contributed by atoms with Gasteiger partial charge in [0.15, 0.2) is 0 Å². The van der Waals surface area contributed by atoms with Gasteiger partial charge in [0.1, 0.15) is 22.8 Å². The number of nitrogens with one attached hydrogen (secondary N) is 1. The Kier molecular flexibility index (Phi) is 3.60. The van der Waals surface area contributed by atoms with E-state index < -0.39 is 5.43 Å². The summed E-state index contributed by atoms with van der Waals surface area (Å²) >= 11 is 0. The molecule has 9 heteroatoms. The molecule has 138 valence electrons. The number of morpholine rings is 1. The number of nitrogens with zero attached hydrogens (tertiary/aromatic N) is 5. The van der Waals surface area contributed by atoms with E-state index in [1.54, 1.807) is 24.3 Å². The number of benzene rings is 1. The molecule has 9 nitrogen and oxygen atoms in total. The standard InChI is InChI=1S/C19H14N6O3/c20-9-12-16(26)15-14(10-21-19(23-15)24-5-7-28-8-6-24)25-17(12)22-13-4-2-1-3-11(13)18(25)27/h1-4,10,22H,5-8H2. The smallest absolute Gasteiger partial charge is 0.266 e. The zero-order chi connectivity index (χ0) is 19.3. The fourth-order valence-electron chi connectivity index (χ4n) is 3.53. The summed E-state index contributed by atoms with van der Waals surface area (Å²) in [6, 6.07) is 8.87. The molecule has 1 fully saturated rings. The van der Waals surface area contributed by atoms with Crippen molar-refractivity contribution < 1.29 is 4.74 Å². The number of aromatic amines is 1. The van der Waals surface area contributed by atoms with Crippen LogP contribution in [0.25, 0.3) is 27.6 Å². The predicted molar refractivity (Wildman–Crippen MR) is 103 cm³/mol. The summed E-state index contributed by atoms with van der Waals surface area (Å²) in [5.41, 5.74) is -0.00902. The van der Waals surface area contributed by atoms with Crippen molar-refractivity contribution in [1.82, 2.24) is 19.4 Å². The third-order valence-corrected chi connectivity index (χ3v) is 4.92. The number of hydrogen-bond donors (Lipinski definition) is 1. The zero-order valence-electron chi connectivity index (χ0n) is 14.7. The van der Waals surface area contributed by atoms with Crippen molar-refractivity contribution in [3.8, 4) is 6.07 Å². The number of rotatable bonds is 1. The van der Waals surface area contributed by atoms with E-state index in [1.165, 1.54) is 10.6 Å². The van der Waals surface area contributed by atoms with Crippen molar-refractivity contribution in [2.75, 3.05) is 31.2 Å². The predicted octanol–water partition coefficient (Wildman–Crippen LogP) is 0.792. The number of H-pyrrole nitrogens is 1. The summed E-state index contributed by atoms with van der Waals surface area (Å²) < 4.78 is 6.64. The lowest BCUT2D eigenvalue weighted by atomic mass is 10.2. The summed E-state index contributed by atoms with van der Waals surface area (Å²) in [5.74, 6) is 0.383. The van der Waals surface area contributed by atoms with Crippen LogP contribution in [0.4, 0.5) is 5.95 Å². The Labute approximate surface area is 157 Å². The second-order valence-electron chi connectivity index (χ2n) is 6.48. The molecule has 1 N–H and O–H groups in total. The Morgan fingerprint density at radius 3 is 2.75 bits per heavy atom. The molecule has 0 saturated carbocycles. The van der Waals surface area contributed by atoms with Crippen LogP contribution in [-0.2, 0) is 4.74 Å². The van der Waals surface area contributed by atoms with Crippen molar-refractivity contribution in [1.29, 1.82) is 5.26 Å². The minimum absolute atomic E-state index is 0.0475. The molecule has 4 heterocycles. The van der Waals surface area contributed by atoms with Crippen molar-refractivity contribution in [3.05, 3.63) is 56.6 Å². The van der Waals surface area contributed by atoms with Gasteiger partial charge >= 0.3 is 0 Å². The fraction of sp³-hybridized carbons (Fsp3) is 0.211. The van der Waals surface area contributed by atoms with Gasteiger partial charge in [-0.05, 0) is 12.1 Å². The van der Waals surface area contributed by atoms with Crippen LogP contribution in [0, 0.1) is 11.3 Å².